The maximum atomic E-state index is 11.5. The zero-order valence-corrected chi connectivity index (χ0v) is 8.56. The molecule has 0 aromatic heterocycles. The highest BCUT2D eigenvalue weighted by molar-refractivity contribution is 5.99. The van der Waals surface area contributed by atoms with E-state index < -0.39 is 11.7 Å². The molecule has 0 bridgehead atoms. The van der Waals surface area contributed by atoms with Crippen molar-refractivity contribution in [3.63, 3.8) is 0 Å². The lowest BCUT2D eigenvalue weighted by atomic mass is 9.95. The van der Waals surface area contributed by atoms with E-state index in [1.165, 1.54) is 6.07 Å². The predicted octanol–water partition coefficient (Wildman–Crippen LogP) is 1.01. The first kappa shape index (κ1) is 10.5. The Morgan fingerprint density at radius 1 is 1.50 bits per heavy atom. The van der Waals surface area contributed by atoms with E-state index >= 15 is 0 Å². The van der Waals surface area contributed by atoms with Crippen LogP contribution in [0.2, 0.25) is 0 Å². The fourth-order valence-corrected chi connectivity index (χ4v) is 1.82. The van der Waals surface area contributed by atoms with Gasteiger partial charge in [-0.1, -0.05) is 0 Å². The third-order valence-electron chi connectivity index (χ3n) is 2.54. The summed E-state index contributed by atoms with van der Waals surface area (Å²) in [5.74, 6) is -1.51. The number of phenols is 2. The molecular formula is C11H10O5. The first-order valence-electron chi connectivity index (χ1n) is 4.78. The van der Waals surface area contributed by atoms with E-state index in [4.69, 9.17) is 4.74 Å². The highest BCUT2D eigenvalue weighted by atomic mass is 16.5. The number of benzene rings is 1. The standard InChI is InChI=1S/C11H10O5/c1-5-2-6-3-8(13)7(4-12)10(14)9(6)11(15)16-5/h3-5,13-14H,2H2,1H3/t5-/m1/s1. The summed E-state index contributed by atoms with van der Waals surface area (Å²) >= 11 is 0. The number of rotatable bonds is 1. The minimum absolute atomic E-state index is 0.0296. The van der Waals surface area contributed by atoms with Crippen LogP contribution < -0.4 is 0 Å². The van der Waals surface area contributed by atoms with E-state index in [2.05, 4.69) is 0 Å². The van der Waals surface area contributed by atoms with Gasteiger partial charge in [0.15, 0.2) is 6.29 Å². The number of esters is 1. The molecule has 0 unspecified atom stereocenters. The summed E-state index contributed by atoms with van der Waals surface area (Å²) in [5.41, 5.74) is 0.174. The van der Waals surface area contributed by atoms with Gasteiger partial charge in [-0.25, -0.2) is 4.79 Å². The molecule has 1 heterocycles. The van der Waals surface area contributed by atoms with Crippen LogP contribution in [0.1, 0.15) is 33.2 Å². The molecule has 84 valence electrons. The Labute approximate surface area is 91.3 Å². The maximum Gasteiger partial charge on any atom is 0.342 e. The molecule has 1 atom stereocenters. The average molecular weight is 222 g/mol. The van der Waals surface area contributed by atoms with Crippen molar-refractivity contribution in [1.82, 2.24) is 0 Å². The summed E-state index contributed by atoms with van der Waals surface area (Å²) in [4.78, 5) is 22.1. The summed E-state index contributed by atoms with van der Waals surface area (Å²) in [7, 11) is 0. The summed E-state index contributed by atoms with van der Waals surface area (Å²) in [6.45, 7) is 1.71. The lowest BCUT2D eigenvalue weighted by Gasteiger charge is -2.23. The third kappa shape index (κ3) is 1.41. The number of carbonyl (C=O) groups excluding carboxylic acids is 2. The maximum absolute atomic E-state index is 11.5. The molecule has 1 aliphatic rings. The smallest absolute Gasteiger partial charge is 0.342 e. The lowest BCUT2D eigenvalue weighted by molar-refractivity contribution is 0.0297. The highest BCUT2D eigenvalue weighted by Crippen LogP contribution is 2.35. The largest absolute Gasteiger partial charge is 0.507 e. The molecule has 0 amide bonds. The van der Waals surface area contributed by atoms with E-state index in [1.54, 1.807) is 6.92 Å². The Bertz CT molecular complexity index is 478. The Morgan fingerprint density at radius 2 is 2.19 bits per heavy atom. The molecule has 2 N–H and O–H groups in total. The van der Waals surface area contributed by atoms with Gasteiger partial charge in [-0.3, -0.25) is 4.79 Å². The first-order chi connectivity index (χ1) is 7.54. The Morgan fingerprint density at radius 3 is 2.81 bits per heavy atom. The van der Waals surface area contributed by atoms with Crippen molar-refractivity contribution in [3.8, 4) is 11.5 Å². The average Bonchev–Trinajstić information content (AvgIpc) is 2.15. The van der Waals surface area contributed by atoms with Crippen LogP contribution in [0.3, 0.4) is 0 Å². The van der Waals surface area contributed by atoms with Gasteiger partial charge in [0.1, 0.15) is 23.2 Å². The van der Waals surface area contributed by atoms with Crippen LogP contribution in [0.5, 0.6) is 11.5 Å². The van der Waals surface area contributed by atoms with Crippen LogP contribution >= 0.6 is 0 Å². The summed E-state index contributed by atoms with van der Waals surface area (Å²) in [6.07, 6.45) is 0.401. The van der Waals surface area contributed by atoms with E-state index in [-0.39, 0.29) is 23.0 Å². The van der Waals surface area contributed by atoms with Gasteiger partial charge in [0.05, 0.1) is 5.56 Å². The zero-order valence-electron chi connectivity index (χ0n) is 8.56. The summed E-state index contributed by atoms with van der Waals surface area (Å²) < 4.78 is 4.94. The summed E-state index contributed by atoms with van der Waals surface area (Å²) in [5, 5.41) is 19.2. The number of carbonyl (C=O) groups is 2. The van der Waals surface area contributed by atoms with Crippen molar-refractivity contribution < 1.29 is 24.5 Å². The van der Waals surface area contributed by atoms with Gasteiger partial charge in [0, 0.05) is 6.42 Å². The van der Waals surface area contributed by atoms with Gasteiger partial charge >= 0.3 is 5.97 Å². The fraction of sp³-hybridized carbons (Fsp3) is 0.273. The van der Waals surface area contributed by atoms with E-state index in [9.17, 15) is 19.8 Å². The van der Waals surface area contributed by atoms with Crippen LogP contribution in [0, 0.1) is 0 Å². The Hall–Kier alpha value is -2.04. The molecule has 0 fully saturated rings. The second-order valence-electron chi connectivity index (χ2n) is 3.73. The second-order valence-corrected chi connectivity index (χ2v) is 3.73. The number of cyclic esters (lactones) is 1. The molecule has 5 heteroatoms. The number of ether oxygens (including phenoxy) is 1. The van der Waals surface area contributed by atoms with Crippen molar-refractivity contribution >= 4 is 12.3 Å². The van der Waals surface area contributed by atoms with Crippen LogP contribution in [0.4, 0.5) is 0 Å². The van der Waals surface area contributed by atoms with Crippen molar-refractivity contribution in [2.24, 2.45) is 0 Å². The number of hydrogen-bond donors (Lipinski definition) is 2. The van der Waals surface area contributed by atoms with Crippen LogP contribution in [-0.4, -0.2) is 28.6 Å². The van der Waals surface area contributed by atoms with Crippen molar-refractivity contribution in [2.45, 2.75) is 19.4 Å². The molecule has 1 aromatic carbocycles. The van der Waals surface area contributed by atoms with Crippen molar-refractivity contribution in [2.75, 3.05) is 0 Å². The number of aldehydes is 1. The minimum Gasteiger partial charge on any atom is -0.507 e. The van der Waals surface area contributed by atoms with Crippen LogP contribution in [0.15, 0.2) is 6.07 Å². The molecule has 0 spiro atoms. The van der Waals surface area contributed by atoms with Gasteiger partial charge in [0.25, 0.3) is 0 Å². The second kappa shape index (κ2) is 3.52. The first-order valence-corrected chi connectivity index (χ1v) is 4.78. The van der Waals surface area contributed by atoms with Gasteiger partial charge in [-0.2, -0.15) is 0 Å². The molecule has 2 rings (SSSR count). The lowest BCUT2D eigenvalue weighted by Crippen LogP contribution is -2.25. The van der Waals surface area contributed by atoms with Crippen LogP contribution in [0.25, 0.3) is 0 Å². The Balaban J connectivity index is 2.69. The van der Waals surface area contributed by atoms with Gasteiger partial charge < -0.3 is 14.9 Å². The fourth-order valence-electron chi connectivity index (χ4n) is 1.82. The number of hydrogen-bond acceptors (Lipinski definition) is 5. The predicted molar refractivity (Wildman–Crippen MR) is 53.7 cm³/mol. The zero-order chi connectivity index (χ0) is 11.9. The number of aromatic hydroxyl groups is 2. The molecule has 16 heavy (non-hydrogen) atoms. The quantitative estimate of drug-likeness (QED) is 0.547. The molecule has 0 saturated carbocycles. The number of fused-ring (bicyclic) bond motifs is 1. The van der Waals surface area contributed by atoms with E-state index in [0.29, 0.717) is 18.3 Å². The van der Waals surface area contributed by atoms with Crippen LogP contribution in [-0.2, 0) is 11.2 Å². The molecule has 0 radical (unpaired) electrons. The molecular weight excluding hydrogens is 212 g/mol. The monoisotopic (exact) mass is 222 g/mol. The van der Waals surface area contributed by atoms with Gasteiger partial charge in [0.2, 0.25) is 0 Å². The molecule has 0 saturated heterocycles. The number of phenolic OH excluding ortho intramolecular Hbond substituents is 2. The van der Waals surface area contributed by atoms with E-state index in [0.717, 1.165) is 0 Å². The van der Waals surface area contributed by atoms with Gasteiger partial charge in [-0.15, -0.1) is 0 Å². The molecule has 1 aromatic rings. The van der Waals surface area contributed by atoms with Crippen molar-refractivity contribution in [1.29, 1.82) is 0 Å². The summed E-state index contributed by atoms with van der Waals surface area (Å²) in [6, 6.07) is 1.32. The molecule has 1 aliphatic heterocycles. The molecule has 5 nitrogen and oxygen atoms in total. The van der Waals surface area contributed by atoms with Gasteiger partial charge in [-0.05, 0) is 18.6 Å². The normalized spacial score (nSPS) is 18.8. The minimum atomic E-state index is -0.672. The SMILES string of the molecule is C[C@@H]1Cc2cc(O)c(C=O)c(O)c2C(=O)O1. The van der Waals surface area contributed by atoms with Crippen molar-refractivity contribution in [3.05, 3.63) is 22.8 Å². The third-order valence-corrected chi connectivity index (χ3v) is 2.54. The van der Waals surface area contributed by atoms with E-state index in [1.807, 2.05) is 0 Å². The highest BCUT2D eigenvalue weighted by Gasteiger charge is 2.29. The topological polar surface area (TPSA) is 83.8 Å². The Kier molecular flexibility index (Phi) is 2.30. The molecule has 0 aliphatic carbocycles.